The van der Waals surface area contributed by atoms with Gasteiger partial charge in [-0.05, 0) is 59.4 Å². The minimum atomic E-state index is -0.626. The highest BCUT2D eigenvalue weighted by molar-refractivity contribution is 6.02. The molecule has 2 aliphatic rings. The minimum absolute atomic E-state index is 0.0266. The third-order valence-corrected chi connectivity index (χ3v) is 8.37. The number of ether oxygens (including phenoxy) is 3. The van der Waals surface area contributed by atoms with Gasteiger partial charge in [0, 0.05) is 23.4 Å². The van der Waals surface area contributed by atoms with Crippen LogP contribution in [0.1, 0.15) is 43.9 Å². The first-order chi connectivity index (χ1) is 22.2. The topological polar surface area (TPSA) is 120 Å². The second-order valence-electron chi connectivity index (χ2n) is 12.3. The average molecular weight is 623 g/mol. The lowest BCUT2D eigenvalue weighted by Gasteiger charge is -2.38. The van der Waals surface area contributed by atoms with Gasteiger partial charge < -0.3 is 29.7 Å². The highest BCUT2D eigenvalue weighted by Gasteiger charge is 2.42. The summed E-state index contributed by atoms with van der Waals surface area (Å²) in [5.74, 6) is 1.16. The number of allylic oxidation sites excluding steroid dienone is 1. The van der Waals surface area contributed by atoms with Crippen molar-refractivity contribution in [3.63, 3.8) is 0 Å². The number of hydrogen-bond acceptors (Lipinski definition) is 9. The SMILES string of the molecule is COc1cc(C2C3=C(CC(C)(C)CC3=O)Nc3ccccc3N2CC(=O)Nc2ccc(Cn3cncn3)cc2)cc(OC)c1OC. The third kappa shape index (κ3) is 6.13. The molecule has 0 bridgehead atoms. The maximum atomic E-state index is 14.1. The van der Waals surface area contributed by atoms with E-state index in [4.69, 9.17) is 14.2 Å². The number of aromatic nitrogens is 3. The van der Waals surface area contributed by atoms with Gasteiger partial charge in [0.25, 0.3) is 0 Å². The number of amides is 1. The number of para-hydroxylation sites is 2. The van der Waals surface area contributed by atoms with Gasteiger partial charge in [-0.2, -0.15) is 5.10 Å². The molecule has 2 N–H and O–H groups in total. The lowest BCUT2D eigenvalue weighted by molar-refractivity contribution is -0.119. The van der Waals surface area contributed by atoms with Crippen LogP contribution in [0.4, 0.5) is 17.1 Å². The van der Waals surface area contributed by atoms with Gasteiger partial charge >= 0.3 is 0 Å². The second kappa shape index (κ2) is 12.6. The monoisotopic (exact) mass is 622 g/mol. The summed E-state index contributed by atoms with van der Waals surface area (Å²) in [6.45, 7) is 4.74. The summed E-state index contributed by atoms with van der Waals surface area (Å²) < 4.78 is 18.8. The molecule has 2 heterocycles. The van der Waals surface area contributed by atoms with Crippen molar-refractivity contribution in [1.29, 1.82) is 0 Å². The number of carbonyl (C=O) groups excluding carboxylic acids is 2. The van der Waals surface area contributed by atoms with Gasteiger partial charge in [-0.3, -0.25) is 9.59 Å². The van der Waals surface area contributed by atoms with Gasteiger partial charge in [0.1, 0.15) is 12.7 Å². The molecule has 46 heavy (non-hydrogen) atoms. The fourth-order valence-electron chi connectivity index (χ4n) is 6.38. The van der Waals surface area contributed by atoms with Crippen LogP contribution in [0.2, 0.25) is 0 Å². The van der Waals surface area contributed by atoms with Crippen LogP contribution in [-0.4, -0.2) is 54.3 Å². The molecule has 6 rings (SSSR count). The summed E-state index contributed by atoms with van der Waals surface area (Å²) in [6, 6.07) is 18.5. The Morgan fingerprint density at radius 1 is 1.00 bits per heavy atom. The molecule has 238 valence electrons. The molecule has 1 aromatic heterocycles. The Morgan fingerprint density at radius 2 is 1.72 bits per heavy atom. The van der Waals surface area contributed by atoms with Gasteiger partial charge in [0.05, 0.1) is 51.8 Å². The Hall–Kier alpha value is -5.32. The van der Waals surface area contributed by atoms with Gasteiger partial charge in [0.2, 0.25) is 11.7 Å². The van der Waals surface area contributed by atoms with Crippen molar-refractivity contribution in [3.8, 4) is 17.2 Å². The summed E-state index contributed by atoms with van der Waals surface area (Å²) in [6.07, 6.45) is 4.21. The number of methoxy groups -OCH3 is 3. The minimum Gasteiger partial charge on any atom is -0.493 e. The van der Waals surface area contributed by atoms with E-state index in [1.807, 2.05) is 65.6 Å². The number of nitrogens with one attached hydrogen (secondary N) is 2. The van der Waals surface area contributed by atoms with Crippen molar-refractivity contribution in [2.24, 2.45) is 5.41 Å². The number of ketones is 1. The summed E-state index contributed by atoms with van der Waals surface area (Å²) in [5.41, 5.74) is 5.27. The summed E-state index contributed by atoms with van der Waals surface area (Å²) in [4.78, 5) is 33.9. The largest absolute Gasteiger partial charge is 0.493 e. The normalized spacial score (nSPS) is 16.9. The summed E-state index contributed by atoms with van der Waals surface area (Å²) in [5, 5.41) is 10.8. The van der Waals surface area contributed by atoms with Crippen LogP contribution in [0.3, 0.4) is 0 Å². The summed E-state index contributed by atoms with van der Waals surface area (Å²) in [7, 11) is 4.68. The maximum Gasteiger partial charge on any atom is 0.243 e. The molecule has 11 nitrogen and oxygen atoms in total. The zero-order valence-corrected chi connectivity index (χ0v) is 26.7. The van der Waals surface area contributed by atoms with E-state index in [1.54, 1.807) is 32.3 Å². The number of anilines is 3. The first kappa shape index (κ1) is 30.7. The molecule has 0 fully saturated rings. The number of benzene rings is 3. The highest BCUT2D eigenvalue weighted by atomic mass is 16.5. The first-order valence-electron chi connectivity index (χ1n) is 15.1. The average Bonchev–Trinajstić information content (AvgIpc) is 3.50. The molecule has 3 aromatic carbocycles. The zero-order chi connectivity index (χ0) is 32.4. The fourth-order valence-corrected chi connectivity index (χ4v) is 6.38. The van der Waals surface area contributed by atoms with Crippen LogP contribution in [0.5, 0.6) is 17.2 Å². The van der Waals surface area contributed by atoms with E-state index in [0.29, 0.717) is 47.9 Å². The molecular formula is C35H38N6O5. The number of fused-ring (bicyclic) bond motifs is 1. The van der Waals surface area contributed by atoms with E-state index >= 15 is 0 Å². The Labute approximate surface area is 268 Å². The number of Topliss-reactive ketones (excluding diaryl/α,β-unsaturated/α-hetero) is 1. The first-order valence-corrected chi connectivity index (χ1v) is 15.1. The van der Waals surface area contributed by atoms with Crippen LogP contribution in [0.15, 0.2) is 84.6 Å². The number of nitrogens with zero attached hydrogens (tertiary/aromatic N) is 4. The van der Waals surface area contributed by atoms with Crippen molar-refractivity contribution in [1.82, 2.24) is 14.8 Å². The Balaban J connectivity index is 1.41. The van der Waals surface area contributed by atoms with Crippen LogP contribution >= 0.6 is 0 Å². The Morgan fingerprint density at radius 3 is 2.37 bits per heavy atom. The van der Waals surface area contributed by atoms with Crippen molar-refractivity contribution in [2.45, 2.75) is 39.3 Å². The van der Waals surface area contributed by atoms with Gasteiger partial charge in [-0.1, -0.05) is 38.1 Å². The zero-order valence-electron chi connectivity index (χ0n) is 26.7. The quantitative estimate of drug-likeness (QED) is 0.246. The maximum absolute atomic E-state index is 14.1. The predicted octanol–water partition coefficient (Wildman–Crippen LogP) is 5.61. The predicted molar refractivity (Wildman–Crippen MR) is 175 cm³/mol. The fraction of sp³-hybridized carbons (Fsp3) is 0.314. The third-order valence-electron chi connectivity index (χ3n) is 8.37. The van der Waals surface area contributed by atoms with Crippen molar-refractivity contribution in [2.75, 3.05) is 43.4 Å². The number of carbonyl (C=O) groups is 2. The molecule has 0 saturated heterocycles. The van der Waals surface area contributed by atoms with E-state index in [-0.39, 0.29) is 23.7 Å². The number of hydrogen-bond donors (Lipinski definition) is 2. The van der Waals surface area contributed by atoms with Crippen molar-refractivity contribution in [3.05, 3.63) is 95.7 Å². The smallest absolute Gasteiger partial charge is 0.243 e. The molecule has 1 atom stereocenters. The Kier molecular flexibility index (Phi) is 8.40. The van der Waals surface area contributed by atoms with E-state index in [2.05, 4.69) is 34.6 Å². The van der Waals surface area contributed by atoms with Crippen molar-refractivity contribution < 1.29 is 23.8 Å². The Bertz CT molecular complexity index is 1760. The molecule has 1 amide bonds. The van der Waals surface area contributed by atoms with E-state index in [0.717, 1.165) is 28.2 Å². The lowest BCUT2D eigenvalue weighted by Crippen LogP contribution is -2.40. The molecule has 0 spiro atoms. The molecule has 0 saturated carbocycles. The van der Waals surface area contributed by atoms with Crippen LogP contribution in [0, 0.1) is 5.41 Å². The molecule has 1 unspecified atom stereocenters. The lowest BCUT2D eigenvalue weighted by atomic mass is 9.73. The molecule has 11 heteroatoms. The van der Waals surface area contributed by atoms with E-state index in [1.165, 1.54) is 6.33 Å². The van der Waals surface area contributed by atoms with Crippen LogP contribution in [0.25, 0.3) is 0 Å². The summed E-state index contributed by atoms with van der Waals surface area (Å²) >= 11 is 0. The molecule has 0 radical (unpaired) electrons. The van der Waals surface area contributed by atoms with E-state index in [9.17, 15) is 9.59 Å². The molecule has 4 aromatic rings. The standard InChI is InChI=1S/C35H38N6O5/c1-35(2)16-26-32(28(42)17-35)33(23-14-29(44-3)34(46-5)30(15-23)45-4)41(27-9-7-6-8-25(27)39-26)19-31(43)38-24-12-10-22(11-13-24)18-40-21-36-20-37-40/h6-15,20-21,33,39H,16-19H2,1-5H3,(H,38,43). The molecular weight excluding hydrogens is 584 g/mol. The highest BCUT2D eigenvalue weighted by Crippen LogP contribution is 2.50. The number of rotatable bonds is 9. The second-order valence-corrected chi connectivity index (χ2v) is 12.3. The van der Waals surface area contributed by atoms with Crippen molar-refractivity contribution >= 4 is 28.8 Å². The molecule has 1 aliphatic heterocycles. The van der Waals surface area contributed by atoms with Gasteiger partial charge in [-0.15, -0.1) is 0 Å². The van der Waals surface area contributed by atoms with E-state index < -0.39 is 6.04 Å². The van der Waals surface area contributed by atoms with Crippen LogP contribution in [-0.2, 0) is 16.1 Å². The van der Waals surface area contributed by atoms with Gasteiger partial charge in [0.15, 0.2) is 17.3 Å². The van der Waals surface area contributed by atoms with Gasteiger partial charge in [-0.25, -0.2) is 9.67 Å². The van der Waals surface area contributed by atoms with Crippen LogP contribution < -0.4 is 29.7 Å². The molecule has 1 aliphatic carbocycles.